The van der Waals surface area contributed by atoms with E-state index in [9.17, 15) is 30.0 Å². The van der Waals surface area contributed by atoms with Gasteiger partial charge in [0.05, 0.1) is 17.8 Å². The number of para-hydroxylation sites is 1. The summed E-state index contributed by atoms with van der Waals surface area (Å²) in [5, 5.41) is 10.3. The maximum Gasteiger partial charge on any atom is 0.490 e. The summed E-state index contributed by atoms with van der Waals surface area (Å²) in [5.41, 5.74) is 2.51. The lowest BCUT2D eigenvalue weighted by Gasteiger charge is -2.28. The molecule has 0 bridgehead atoms. The Kier molecular flexibility index (Phi) is 11.3. The number of hydrogen-bond donors (Lipinski definition) is 2. The fourth-order valence-corrected chi connectivity index (χ4v) is 6.67. The normalized spacial score (nSPS) is 14.9. The molecule has 1 heterocycles. The summed E-state index contributed by atoms with van der Waals surface area (Å²) in [4.78, 5) is 9.04. The Hall–Kier alpha value is -2.72. The molecule has 10 nitrogen and oxygen atoms in total. The molecule has 0 aliphatic carbocycles. The molecule has 1 aliphatic heterocycles. The molecule has 0 amide bonds. The van der Waals surface area contributed by atoms with Crippen LogP contribution in [0.3, 0.4) is 0 Å². The molecule has 0 radical (unpaired) electrons. The minimum Gasteiger partial charge on any atom is -0.496 e. The van der Waals surface area contributed by atoms with Crippen molar-refractivity contribution in [2.45, 2.75) is 31.5 Å². The number of aryl methyl sites for hydroxylation is 2. The number of nitrogens with one attached hydrogen (secondary N) is 1. The van der Waals surface area contributed by atoms with Gasteiger partial charge in [-0.05, 0) is 43.2 Å². The molecule has 1 saturated heterocycles. The van der Waals surface area contributed by atoms with E-state index in [4.69, 9.17) is 14.6 Å². The number of sulfonamides is 2. The molecule has 1 aliphatic rings. The van der Waals surface area contributed by atoms with Crippen molar-refractivity contribution < 1.29 is 44.6 Å². The predicted molar refractivity (Wildman–Crippen MR) is 138 cm³/mol. The van der Waals surface area contributed by atoms with Gasteiger partial charge in [0.1, 0.15) is 5.75 Å². The van der Waals surface area contributed by atoms with Crippen LogP contribution in [0.1, 0.15) is 16.7 Å². The number of benzene rings is 2. The maximum atomic E-state index is 13.6. The highest BCUT2D eigenvalue weighted by molar-refractivity contribution is 7.90. The number of piperazine rings is 1. The molecule has 15 heteroatoms. The number of carboxylic acid groups (broad SMARTS) is 1. The summed E-state index contributed by atoms with van der Waals surface area (Å²) < 4.78 is 92.7. The standard InChI is InChI=1S/C22H31N3O5S2.C2HF3O2/c1-18-8-9-21(16-19(18)2)32(28,29)25(17-20-6-4-5-7-22(20)30-3)14-15-31(26,27)24-12-10-23-11-13-24;3-2(4,5)1(6)7/h4-9,16,23H,10-15,17H2,1-3H3;(H,6,7). The van der Waals surface area contributed by atoms with Crippen LogP contribution in [0.4, 0.5) is 13.2 Å². The van der Waals surface area contributed by atoms with Crippen molar-refractivity contribution in [3.05, 3.63) is 59.2 Å². The molecule has 2 aromatic carbocycles. The van der Waals surface area contributed by atoms with Crippen LogP contribution >= 0.6 is 0 Å². The first-order chi connectivity index (χ1) is 18.1. The number of nitrogens with zero attached hydrogens (tertiary/aromatic N) is 2. The van der Waals surface area contributed by atoms with Gasteiger partial charge >= 0.3 is 12.1 Å². The predicted octanol–water partition coefficient (Wildman–Crippen LogP) is 2.37. The first-order valence-corrected chi connectivity index (χ1v) is 14.8. The summed E-state index contributed by atoms with van der Waals surface area (Å²) in [6, 6.07) is 12.1. The van der Waals surface area contributed by atoms with Crippen molar-refractivity contribution in [2.24, 2.45) is 0 Å². The number of ether oxygens (including phenoxy) is 1. The van der Waals surface area contributed by atoms with Crippen molar-refractivity contribution in [2.75, 3.05) is 45.6 Å². The fraction of sp³-hybridized carbons (Fsp3) is 0.458. The van der Waals surface area contributed by atoms with E-state index in [0.717, 1.165) is 11.1 Å². The number of carbonyl (C=O) groups is 1. The summed E-state index contributed by atoms with van der Waals surface area (Å²) >= 11 is 0. The zero-order valence-electron chi connectivity index (χ0n) is 21.7. The lowest BCUT2D eigenvalue weighted by molar-refractivity contribution is -0.192. The van der Waals surface area contributed by atoms with Crippen molar-refractivity contribution >= 4 is 26.0 Å². The first kappa shape index (κ1) is 32.5. The molecule has 2 N–H and O–H groups in total. The van der Waals surface area contributed by atoms with Gasteiger partial charge in [0.25, 0.3) is 0 Å². The van der Waals surface area contributed by atoms with Crippen LogP contribution in [-0.4, -0.2) is 88.3 Å². The third-order valence-corrected chi connectivity index (χ3v) is 9.66. The molecule has 0 spiro atoms. The molecule has 2 aromatic rings. The summed E-state index contributed by atoms with van der Waals surface area (Å²) in [5.74, 6) is -2.49. The second kappa shape index (κ2) is 13.6. The Morgan fingerprint density at radius 2 is 1.64 bits per heavy atom. The van der Waals surface area contributed by atoms with E-state index in [1.807, 2.05) is 13.8 Å². The van der Waals surface area contributed by atoms with Crippen molar-refractivity contribution in [3.63, 3.8) is 0 Å². The average molecular weight is 596 g/mol. The lowest BCUT2D eigenvalue weighted by Crippen LogP contribution is -2.48. The fourth-order valence-electron chi connectivity index (χ4n) is 3.60. The quantitative estimate of drug-likeness (QED) is 0.452. The second-order valence-corrected chi connectivity index (χ2v) is 12.7. The van der Waals surface area contributed by atoms with Gasteiger partial charge in [-0.3, -0.25) is 0 Å². The highest BCUT2D eigenvalue weighted by Crippen LogP contribution is 2.25. The SMILES string of the molecule is COc1ccccc1CN(CCS(=O)(=O)N1CCNCC1)S(=O)(=O)c1ccc(C)c(C)c1.O=C(O)C(F)(F)F. The second-order valence-electron chi connectivity index (χ2n) is 8.66. The van der Waals surface area contributed by atoms with Gasteiger partial charge in [0, 0.05) is 44.8 Å². The Morgan fingerprint density at radius 1 is 1.05 bits per heavy atom. The minimum atomic E-state index is -5.08. The Balaban J connectivity index is 0.000000673. The highest BCUT2D eigenvalue weighted by Gasteiger charge is 2.38. The Morgan fingerprint density at radius 3 is 2.18 bits per heavy atom. The van der Waals surface area contributed by atoms with Crippen LogP contribution in [0.25, 0.3) is 0 Å². The maximum absolute atomic E-state index is 13.6. The molecule has 0 unspecified atom stereocenters. The monoisotopic (exact) mass is 595 g/mol. The molecule has 0 atom stereocenters. The van der Waals surface area contributed by atoms with Crippen LogP contribution < -0.4 is 10.1 Å². The van der Waals surface area contributed by atoms with Crippen LogP contribution in [0.5, 0.6) is 5.75 Å². The number of hydrogen-bond acceptors (Lipinski definition) is 7. The third-order valence-electron chi connectivity index (χ3n) is 5.97. The van der Waals surface area contributed by atoms with Crippen LogP contribution in [0.15, 0.2) is 47.4 Å². The zero-order chi connectivity index (χ0) is 29.4. The molecular formula is C24H32F3N3O7S2. The number of rotatable bonds is 9. The molecule has 39 heavy (non-hydrogen) atoms. The largest absolute Gasteiger partial charge is 0.496 e. The number of alkyl halides is 3. The van der Waals surface area contributed by atoms with E-state index in [1.54, 1.807) is 42.5 Å². The average Bonchev–Trinajstić information content (AvgIpc) is 2.88. The molecule has 0 saturated carbocycles. The van der Waals surface area contributed by atoms with E-state index in [0.29, 0.717) is 37.5 Å². The Labute approximate surface area is 226 Å². The molecule has 3 rings (SSSR count). The number of aliphatic carboxylic acids is 1. The topological polar surface area (TPSA) is 133 Å². The van der Waals surface area contributed by atoms with E-state index >= 15 is 0 Å². The summed E-state index contributed by atoms with van der Waals surface area (Å²) in [6.07, 6.45) is -5.08. The summed E-state index contributed by atoms with van der Waals surface area (Å²) in [6.45, 7) is 5.58. The zero-order valence-corrected chi connectivity index (χ0v) is 23.4. The summed E-state index contributed by atoms with van der Waals surface area (Å²) in [7, 11) is -6.00. The molecular weight excluding hydrogens is 563 g/mol. The minimum absolute atomic E-state index is 0.0103. The van der Waals surface area contributed by atoms with Crippen LogP contribution in [-0.2, 0) is 31.4 Å². The van der Waals surface area contributed by atoms with Crippen molar-refractivity contribution in [1.82, 2.24) is 13.9 Å². The smallest absolute Gasteiger partial charge is 0.490 e. The molecule has 0 aromatic heterocycles. The van der Waals surface area contributed by atoms with E-state index in [-0.39, 0.29) is 23.7 Å². The molecule has 1 fully saturated rings. The van der Waals surface area contributed by atoms with Gasteiger partial charge in [0.2, 0.25) is 20.0 Å². The third kappa shape index (κ3) is 9.17. The number of halogens is 3. The lowest BCUT2D eigenvalue weighted by atomic mass is 10.1. The van der Waals surface area contributed by atoms with Gasteiger partial charge < -0.3 is 15.2 Å². The Bertz CT molecular complexity index is 1340. The van der Waals surface area contributed by atoms with E-state index < -0.39 is 32.2 Å². The van der Waals surface area contributed by atoms with Crippen LogP contribution in [0, 0.1) is 13.8 Å². The van der Waals surface area contributed by atoms with E-state index in [2.05, 4.69) is 5.32 Å². The van der Waals surface area contributed by atoms with Gasteiger partial charge in [-0.15, -0.1) is 0 Å². The van der Waals surface area contributed by atoms with E-state index in [1.165, 1.54) is 15.7 Å². The van der Waals surface area contributed by atoms with Gasteiger partial charge in [0.15, 0.2) is 0 Å². The van der Waals surface area contributed by atoms with Gasteiger partial charge in [-0.2, -0.15) is 21.8 Å². The van der Waals surface area contributed by atoms with Crippen molar-refractivity contribution in [3.8, 4) is 5.75 Å². The van der Waals surface area contributed by atoms with Gasteiger partial charge in [-0.25, -0.2) is 21.6 Å². The van der Waals surface area contributed by atoms with Crippen molar-refractivity contribution in [1.29, 1.82) is 0 Å². The number of methoxy groups -OCH3 is 1. The number of carboxylic acids is 1. The van der Waals surface area contributed by atoms with Crippen LogP contribution in [0.2, 0.25) is 0 Å². The first-order valence-electron chi connectivity index (χ1n) is 11.8. The van der Waals surface area contributed by atoms with Gasteiger partial charge in [-0.1, -0.05) is 24.3 Å². The molecule has 218 valence electrons. The highest BCUT2D eigenvalue weighted by atomic mass is 32.2.